The lowest BCUT2D eigenvalue weighted by Gasteiger charge is -2.07. The zero-order chi connectivity index (χ0) is 18.1. The Balaban J connectivity index is 1.67. The van der Waals surface area contributed by atoms with Crippen LogP contribution in [0.15, 0.2) is 79.5 Å². The average Bonchev–Trinajstić information content (AvgIpc) is 3.24. The monoisotopic (exact) mass is 367 g/mol. The maximum atomic E-state index is 4.54. The SMILES string of the molecule is c1ccc(-c2ccc(-c3nnc(-c4cncnc4)c4ccccc34)s2)nc1. The summed E-state index contributed by atoms with van der Waals surface area (Å²) in [5.41, 5.74) is 3.48. The first-order valence-electron chi connectivity index (χ1n) is 8.42. The molecule has 0 amide bonds. The molecule has 0 atom stereocenters. The van der Waals surface area contributed by atoms with Crippen LogP contribution < -0.4 is 0 Å². The minimum Gasteiger partial charge on any atom is -0.255 e. The van der Waals surface area contributed by atoms with E-state index in [1.54, 1.807) is 29.9 Å². The number of hydrogen-bond acceptors (Lipinski definition) is 6. The smallest absolute Gasteiger partial charge is 0.115 e. The molecular formula is C21H13N5S. The highest BCUT2D eigenvalue weighted by atomic mass is 32.1. The first-order chi connectivity index (χ1) is 13.4. The van der Waals surface area contributed by atoms with Crippen molar-refractivity contribution in [3.63, 3.8) is 0 Å². The average molecular weight is 367 g/mol. The van der Waals surface area contributed by atoms with Gasteiger partial charge < -0.3 is 0 Å². The quantitative estimate of drug-likeness (QED) is 0.455. The van der Waals surface area contributed by atoms with Crippen molar-refractivity contribution in [2.24, 2.45) is 0 Å². The number of hydrogen-bond donors (Lipinski definition) is 0. The van der Waals surface area contributed by atoms with Crippen molar-refractivity contribution in [3.8, 4) is 32.4 Å². The van der Waals surface area contributed by atoms with E-state index in [1.807, 2.05) is 30.3 Å². The third-order valence-electron chi connectivity index (χ3n) is 4.28. The van der Waals surface area contributed by atoms with Gasteiger partial charge in [-0.3, -0.25) is 4.98 Å². The molecule has 6 heteroatoms. The van der Waals surface area contributed by atoms with Gasteiger partial charge >= 0.3 is 0 Å². The fraction of sp³-hybridized carbons (Fsp3) is 0. The highest BCUT2D eigenvalue weighted by Gasteiger charge is 2.14. The summed E-state index contributed by atoms with van der Waals surface area (Å²) in [5.74, 6) is 0. The molecule has 5 aromatic rings. The Morgan fingerprint density at radius 3 is 2.15 bits per heavy atom. The molecule has 0 aliphatic heterocycles. The fourth-order valence-corrected chi connectivity index (χ4v) is 4.01. The van der Waals surface area contributed by atoms with Crippen LogP contribution in [0.1, 0.15) is 0 Å². The van der Waals surface area contributed by atoms with Crippen LogP contribution in [0.2, 0.25) is 0 Å². The summed E-state index contributed by atoms with van der Waals surface area (Å²) in [4.78, 5) is 14.8. The molecule has 0 radical (unpaired) electrons. The minimum absolute atomic E-state index is 0.788. The van der Waals surface area contributed by atoms with E-state index < -0.39 is 0 Å². The Bertz CT molecular complexity index is 1220. The third kappa shape index (κ3) is 2.86. The molecular weight excluding hydrogens is 354 g/mol. The predicted molar refractivity (Wildman–Crippen MR) is 107 cm³/mol. The van der Waals surface area contributed by atoms with Crippen LogP contribution in [-0.2, 0) is 0 Å². The summed E-state index contributed by atoms with van der Waals surface area (Å²) in [6.07, 6.45) is 6.83. The molecule has 128 valence electrons. The molecule has 4 heterocycles. The number of thiophene rings is 1. The number of rotatable bonds is 3. The lowest BCUT2D eigenvalue weighted by atomic mass is 10.0. The number of nitrogens with zero attached hydrogens (tertiary/aromatic N) is 5. The van der Waals surface area contributed by atoms with Crippen LogP contribution in [0.3, 0.4) is 0 Å². The van der Waals surface area contributed by atoms with Crippen LogP contribution in [0, 0.1) is 0 Å². The van der Waals surface area contributed by atoms with E-state index in [4.69, 9.17) is 0 Å². The standard InChI is InChI=1S/C21H13N5S/c1-2-6-16-15(5-1)20(14-11-22-13-23-12-14)25-26-21(16)19-9-8-18(27-19)17-7-3-4-10-24-17/h1-13H. The number of pyridine rings is 1. The van der Waals surface area contributed by atoms with Crippen molar-refractivity contribution < 1.29 is 0 Å². The van der Waals surface area contributed by atoms with E-state index in [1.165, 1.54) is 6.33 Å². The van der Waals surface area contributed by atoms with Gasteiger partial charge in [0.15, 0.2) is 0 Å². The van der Waals surface area contributed by atoms with Crippen molar-refractivity contribution >= 4 is 22.1 Å². The van der Waals surface area contributed by atoms with Crippen molar-refractivity contribution in [2.45, 2.75) is 0 Å². The molecule has 0 fully saturated rings. The second-order valence-electron chi connectivity index (χ2n) is 5.95. The van der Waals surface area contributed by atoms with Crippen LogP contribution in [0.25, 0.3) is 43.2 Å². The minimum atomic E-state index is 0.788. The zero-order valence-corrected chi connectivity index (χ0v) is 15.0. The summed E-state index contributed by atoms with van der Waals surface area (Å²) < 4.78 is 0. The highest BCUT2D eigenvalue weighted by molar-refractivity contribution is 7.18. The maximum absolute atomic E-state index is 4.54. The summed E-state index contributed by atoms with van der Waals surface area (Å²) in [6.45, 7) is 0. The molecule has 4 aromatic heterocycles. The lowest BCUT2D eigenvalue weighted by molar-refractivity contribution is 1.06. The maximum Gasteiger partial charge on any atom is 0.115 e. The van der Waals surface area contributed by atoms with Gasteiger partial charge in [-0.25, -0.2) is 9.97 Å². The van der Waals surface area contributed by atoms with Crippen LogP contribution >= 0.6 is 11.3 Å². The summed E-state index contributed by atoms with van der Waals surface area (Å²) >= 11 is 1.67. The summed E-state index contributed by atoms with van der Waals surface area (Å²) in [6, 6.07) is 18.2. The van der Waals surface area contributed by atoms with E-state index in [2.05, 4.69) is 49.4 Å². The van der Waals surface area contributed by atoms with E-state index in [-0.39, 0.29) is 0 Å². The second-order valence-corrected chi connectivity index (χ2v) is 7.03. The van der Waals surface area contributed by atoms with E-state index in [0.717, 1.165) is 43.2 Å². The third-order valence-corrected chi connectivity index (χ3v) is 5.39. The van der Waals surface area contributed by atoms with Gasteiger partial charge in [-0.2, -0.15) is 0 Å². The normalized spacial score (nSPS) is 11.0. The number of benzene rings is 1. The molecule has 5 rings (SSSR count). The van der Waals surface area contributed by atoms with Gasteiger partial charge in [0, 0.05) is 34.9 Å². The molecule has 0 saturated heterocycles. The highest BCUT2D eigenvalue weighted by Crippen LogP contribution is 2.37. The molecule has 0 aliphatic rings. The Morgan fingerprint density at radius 1 is 0.667 bits per heavy atom. The van der Waals surface area contributed by atoms with Crippen molar-refractivity contribution in [1.82, 2.24) is 25.1 Å². The fourth-order valence-electron chi connectivity index (χ4n) is 3.03. The first-order valence-corrected chi connectivity index (χ1v) is 9.24. The van der Waals surface area contributed by atoms with E-state index >= 15 is 0 Å². The molecule has 0 spiro atoms. The molecule has 27 heavy (non-hydrogen) atoms. The summed E-state index contributed by atoms with van der Waals surface area (Å²) in [7, 11) is 0. The zero-order valence-electron chi connectivity index (χ0n) is 14.1. The van der Waals surface area contributed by atoms with Gasteiger partial charge in [0.25, 0.3) is 0 Å². The van der Waals surface area contributed by atoms with E-state index in [9.17, 15) is 0 Å². The Morgan fingerprint density at radius 2 is 1.37 bits per heavy atom. The molecule has 0 bridgehead atoms. The molecule has 0 saturated carbocycles. The molecule has 5 nitrogen and oxygen atoms in total. The van der Waals surface area contributed by atoms with Gasteiger partial charge in [-0.15, -0.1) is 21.5 Å². The first kappa shape index (κ1) is 15.7. The van der Waals surface area contributed by atoms with Crippen molar-refractivity contribution in [3.05, 3.63) is 79.5 Å². The van der Waals surface area contributed by atoms with Crippen LogP contribution in [-0.4, -0.2) is 25.1 Å². The number of fused-ring (bicyclic) bond motifs is 1. The Labute approximate surface area is 159 Å². The summed E-state index contributed by atoms with van der Waals surface area (Å²) in [5, 5.41) is 11.1. The van der Waals surface area contributed by atoms with Crippen molar-refractivity contribution in [1.29, 1.82) is 0 Å². The number of aromatic nitrogens is 5. The molecule has 0 unspecified atom stereocenters. The lowest BCUT2D eigenvalue weighted by Crippen LogP contribution is -1.94. The van der Waals surface area contributed by atoms with Gasteiger partial charge in [-0.1, -0.05) is 30.3 Å². The predicted octanol–water partition coefficient (Wildman–Crippen LogP) is 4.88. The van der Waals surface area contributed by atoms with Crippen LogP contribution in [0.4, 0.5) is 0 Å². The van der Waals surface area contributed by atoms with Gasteiger partial charge in [0.05, 0.1) is 15.4 Å². The van der Waals surface area contributed by atoms with Crippen molar-refractivity contribution in [2.75, 3.05) is 0 Å². The second kappa shape index (κ2) is 6.66. The van der Waals surface area contributed by atoms with Gasteiger partial charge in [0.2, 0.25) is 0 Å². The topological polar surface area (TPSA) is 64.5 Å². The Hall–Kier alpha value is -3.51. The van der Waals surface area contributed by atoms with Gasteiger partial charge in [-0.05, 0) is 24.3 Å². The van der Waals surface area contributed by atoms with Crippen LogP contribution in [0.5, 0.6) is 0 Å². The van der Waals surface area contributed by atoms with Gasteiger partial charge in [0.1, 0.15) is 17.7 Å². The molecule has 0 aliphatic carbocycles. The molecule has 1 aromatic carbocycles. The van der Waals surface area contributed by atoms with E-state index in [0.29, 0.717) is 0 Å². The largest absolute Gasteiger partial charge is 0.255 e. The molecule has 0 N–H and O–H groups in total. The Kier molecular flexibility index (Phi) is 3.88.